The Morgan fingerprint density at radius 3 is 2.12 bits per heavy atom. The summed E-state index contributed by atoms with van der Waals surface area (Å²) in [4.78, 5) is 0. The van der Waals surface area contributed by atoms with Gasteiger partial charge in [0.2, 0.25) is 5.75 Å². The minimum atomic E-state index is -0.000531. The molecule has 0 fully saturated rings. The van der Waals surface area contributed by atoms with Crippen molar-refractivity contribution in [2.45, 2.75) is 52.1 Å². The van der Waals surface area contributed by atoms with Crippen LogP contribution < -0.4 is 19.5 Å². The quantitative estimate of drug-likeness (QED) is 0.742. The monoisotopic (exact) mass is 362 g/mol. The van der Waals surface area contributed by atoms with E-state index in [4.69, 9.17) is 18.6 Å². The normalized spacial score (nSPS) is 12.7. The molecule has 2 aromatic rings. The Morgan fingerprint density at radius 1 is 1.04 bits per heavy atom. The minimum Gasteiger partial charge on any atom is -0.493 e. The lowest BCUT2D eigenvalue weighted by atomic mass is 9.83. The maximum atomic E-state index is 5.84. The third-order valence-electron chi connectivity index (χ3n) is 4.72. The zero-order chi connectivity index (χ0) is 19.3. The predicted octanol–water partition coefficient (Wildman–Crippen LogP) is 3.43. The van der Waals surface area contributed by atoms with Gasteiger partial charge in [0.25, 0.3) is 0 Å². The molecule has 144 valence electrons. The van der Waals surface area contributed by atoms with E-state index in [1.54, 1.807) is 21.3 Å². The summed E-state index contributed by atoms with van der Waals surface area (Å²) < 4.78 is 22.1. The lowest BCUT2D eigenvalue weighted by molar-refractivity contribution is -0.702. The number of ether oxygens (including phenoxy) is 3. The van der Waals surface area contributed by atoms with Crippen molar-refractivity contribution in [2.75, 3.05) is 21.3 Å². The first-order chi connectivity index (χ1) is 12.3. The van der Waals surface area contributed by atoms with Crippen LogP contribution in [0.15, 0.2) is 28.7 Å². The van der Waals surface area contributed by atoms with Crippen LogP contribution in [-0.2, 0) is 12.0 Å². The van der Waals surface area contributed by atoms with Crippen LogP contribution in [0.25, 0.3) is 0 Å². The van der Waals surface area contributed by atoms with Crippen molar-refractivity contribution in [1.82, 2.24) is 0 Å². The van der Waals surface area contributed by atoms with Gasteiger partial charge < -0.3 is 23.9 Å². The zero-order valence-corrected chi connectivity index (χ0v) is 17.0. The van der Waals surface area contributed by atoms with Crippen LogP contribution in [0.4, 0.5) is 0 Å². The van der Waals surface area contributed by atoms with Gasteiger partial charge in [-0.3, -0.25) is 0 Å². The molecule has 1 aromatic carbocycles. The number of hydrogen-bond acceptors (Lipinski definition) is 4. The summed E-state index contributed by atoms with van der Waals surface area (Å²) in [6, 6.07) is 8.56. The molecule has 0 aliphatic heterocycles. The average molecular weight is 362 g/mol. The van der Waals surface area contributed by atoms with Crippen LogP contribution in [0.3, 0.4) is 0 Å². The van der Waals surface area contributed by atoms with Gasteiger partial charge in [-0.05, 0) is 38.1 Å². The van der Waals surface area contributed by atoms with Crippen molar-refractivity contribution in [3.05, 3.63) is 41.3 Å². The van der Waals surface area contributed by atoms with Crippen LogP contribution in [0.1, 0.15) is 44.3 Å². The Balaban J connectivity index is 2.03. The van der Waals surface area contributed by atoms with E-state index in [9.17, 15) is 0 Å². The molecule has 0 spiro atoms. The van der Waals surface area contributed by atoms with Crippen LogP contribution in [0, 0.1) is 6.92 Å². The highest BCUT2D eigenvalue weighted by Crippen LogP contribution is 2.38. The number of methoxy groups -OCH3 is 3. The van der Waals surface area contributed by atoms with E-state index in [2.05, 4.69) is 32.2 Å². The van der Waals surface area contributed by atoms with Gasteiger partial charge in [0.15, 0.2) is 11.5 Å². The third-order valence-corrected chi connectivity index (χ3v) is 4.72. The summed E-state index contributed by atoms with van der Waals surface area (Å²) in [6.07, 6.45) is 1.02. The summed E-state index contributed by atoms with van der Waals surface area (Å²) >= 11 is 0. The fourth-order valence-electron chi connectivity index (χ4n) is 3.38. The summed E-state index contributed by atoms with van der Waals surface area (Å²) in [5.41, 5.74) is 1.14. The van der Waals surface area contributed by atoms with E-state index in [0.29, 0.717) is 23.3 Å². The number of aryl methyl sites for hydroxylation is 1. The minimum absolute atomic E-state index is 0.000531. The smallest absolute Gasteiger partial charge is 0.203 e. The predicted molar refractivity (Wildman–Crippen MR) is 102 cm³/mol. The first-order valence-corrected chi connectivity index (χ1v) is 9.00. The molecule has 1 atom stereocenters. The van der Waals surface area contributed by atoms with Crippen molar-refractivity contribution < 1.29 is 23.9 Å². The third kappa shape index (κ3) is 4.73. The highest BCUT2D eigenvalue weighted by atomic mass is 16.5. The maximum absolute atomic E-state index is 5.84. The average Bonchev–Trinajstić information content (AvgIpc) is 3.06. The first-order valence-electron chi connectivity index (χ1n) is 9.00. The summed E-state index contributed by atoms with van der Waals surface area (Å²) in [5.74, 6) is 4.01. The Hall–Kier alpha value is -2.14. The second-order valence-corrected chi connectivity index (χ2v) is 7.45. The molecule has 26 heavy (non-hydrogen) atoms. The number of hydrogen-bond donors (Lipinski definition) is 1. The molecule has 0 unspecified atom stereocenters. The van der Waals surface area contributed by atoms with Gasteiger partial charge in [-0.2, -0.15) is 0 Å². The lowest BCUT2D eigenvalue weighted by Crippen LogP contribution is -2.88. The largest absolute Gasteiger partial charge is 0.493 e. The van der Waals surface area contributed by atoms with Gasteiger partial charge >= 0.3 is 0 Å². The van der Waals surface area contributed by atoms with Gasteiger partial charge in [0.05, 0.1) is 27.4 Å². The van der Waals surface area contributed by atoms with Gasteiger partial charge in [-0.15, -0.1) is 0 Å². The van der Waals surface area contributed by atoms with Crippen LogP contribution in [0.2, 0.25) is 0 Å². The summed E-state index contributed by atoms with van der Waals surface area (Å²) in [6.45, 7) is 9.53. The van der Waals surface area contributed by atoms with E-state index in [1.807, 2.05) is 25.1 Å². The molecule has 0 amide bonds. The molecule has 0 bridgehead atoms. The SMILES string of the molecule is COc1cc(C[NH2+][C@H](C)CC(C)(C)c2ccc(C)o2)cc(OC)c1OC. The molecular weight excluding hydrogens is 330 g/mol. The molecule has 0 aliphatic rings. The topological polar surface area (TPSA) is 57.4 Å². The van der Waals surface area contributed by atoms with Gasteiger partial charge in [-0.1, -0.05) is 13.8 Å². The lowest BCUT2D eigenvalue weighted by Gasteiger charge is -2.25. The second-order valence-electron chi connectivity index (χ2n) is 7.45. The van der Waals surface area contributed by atoms with E-state index in [1.165, 1.54) is 0 Å². The molecule has 0 radical (unpaired) electrons. The number of rotatable bonds is 9. The second kappa shape index (κ2) is 8.49. The zero-order valence-electron chi connectivity index (χ0n) is 17.0. The van der Waals surface area contributed by atoms with Crippen molar-refractivity contribution in [1.29, 1.82) is 0 Å². The van der Waals surface area contributed by atoms with Crippen molar-refractivity contribution in [3.63, 3.8) is 0 Å². The number of nitrogens with two attached hydrogens (primary N) is 1. The highest BCUT2D eigenvalue weighted by molar-refractivity contribution is 5.53. The van der Waals surface area contributed by atoms with Gasteiger partial charge in [0.1, 0.15) is 18.1 Å². The Kier molecular flexibility index (Phi) is 6.59. The molecule has 0 saturated heterocycles. The molecule has 2 rings (SSSR count). The molecule has 1 heterocycles. The number of quaternary nitrogens is 1. The molecule has 5 nitrogen and oxygen atoms in total. The maximum Gasteiger partial charge on any atom is 0.203 e. The molecule has 0 aliphatic carbocycles. The van der Waals surface area contributed by atoms with E-state index in [-0.39, 0.29) is 5.41 Å². The number of furan rings is 1. The van der Waals surface area contributed by atoms with Crippen molar-refractivity contribution in [3.8, 4) is 17.2 Å². The summed E-state index contributed by atoms with van der Waals surface area (Å²) in [7, 11) is 4.90. The molecule has 1 aromatic heterocycles. The Morgan fingerprint density at radius 2 is 1.65 bits per heavy atom. The fraction of sp³-hybridized carbons (Fsp3) is 0.524. The Bertz CT molecular complexity index is 696. The van der Waals surface area contributed by atoms with E-state index >= 15 is 0 Å². The van der Waals surface area contributed by atoms with Crippen LogP contribution >= 0.6 is 0 Å². The molecular formula is C21H32NO4+. The van der Waals surface area contributed by atoms with E-state index in [0.717, 1.165) is 30.0 Å². The molecule has 0 saturated carbocycles. The Labute approximate surface area is 156 Å². The van der Waals surface area contributed by atoms with Crippen molar-refractivity contribution in [2.24, 2.45) is 0 Å². The van der Waals surface area contributed by atoms with Gasteiger partial charge in [0, 0.05) is 17.4 Å². The van der Waals surface area contributed by atoms with Crippen LogP contribution in [0.5, 0.6) is 17.2 Å². The van der Waals surface area contributed by atoms with E-state index < -0.39 is 0 Å². The molecule has 2 N–H and O–H groups in total. The first kappa shape index (κ1) is 20.2. The molecule has 5 heteroatoms. The van der Waals surface area contributed by atoms with Crippen LogP contribution in [-0.4, -0.2) is 27.4 Å². The standard InChI is InChI=1S/C21H31NO4/c1-14(12-21(3,4)19-9-8-15(2)26-19)22-13-16-10-17(23-5)20(25-7)18(11-16)24-6/h8-11,14,22H,12-13H2,1-7H3/p+1/t14-/m1/s1. The summed E-state index contributed by atoms with van der Waals surface area (Å²) in [5, 5.41) is 2.33. The fourth-order valence-corrected chi connectivity index (χ4v) is 3.38. The number of benzene rings is 1. The highest BCUT2D eigenvalue weighted by Gasteiger charge is 2.28. The van der Waals surface area contributed by atoms with Crippen molar-refractivity contribution >= 4 is 0 Å². The van der Waals surface area contributed by atoms with Gasteiger partial charge in [-0.25, -0.2) is 0 Å².